The van der Waals surface area contributed by atoms with Gasteiger partial charge < -0.3 is 14.6 Å². The van der Waals surface area contributed by atoms with Gasteiger partial charge in [0.25, 0.3) is 0 Å². The van der Waals surface area contributed by atoms with Crippen LogP contribution < -0.4 is 4.74 Å². The summed E-state index contributed by atoms with van der Waals surface area (Å²) in [5.74, 6) is 0.318. The molecule has 3 rings (SSSR count). The maximum absolute atomic E-state index is 12.0. The fraction of sp³-hybridized carbons (Fsp3) is 0.316. The quantitative estimate of drug-likeness (QED) is 0.687. The van der Waals surface area contributed by atoms with Gasteiger partial charge in [0.1, 0.15) is 5.75 Å². The number of ether oxygens (including phenoxy) is 2. The van der Waals surface area contributed by atoms with Gasteiger partial charge in [-0.2, -0.15) is 0 Å². The highest BCUT2D eigenvalue weighted by molar-refractivity contribution is 9.10. The van der Waals surface area contributed by atoms with Gasteiger partial charge in [-0.15, -0.1) is 11.8 Å². The molecule has 132 valence electrons. The molecule has 1 aliphatic heterocycles. The molecule has 0 aromatic heterocycles. The molecule has 4 nitrogen and oxygen atoms in total. The van der Waals surface area contributed by atoms with Gasteiger partial charge >= 0.3 is 5.97 Å². The van der Waals surface area contributed by atoms with Gasteiger partial charge in [-0.3, -0.25) is 0 Å². The van der Waals surface area contributed by atoms with E-state index in [1.165, 1.54) is 0 Å². The SMILES string of the molecule is O=C(O)C1(Oc2ccc(Br)cc2)CCOC(CSc2ccccc2)C1. The lowest BCUT2D eigenvalue weighted by molar-refractivity contribution is -0.168. The summed E-state index contributed by atoms with van der Waals surface area (Å²) in [4.78, 5) is 13.1. The van der Waals surface area contributed by atoms with E-state index in [4.69, 9.17) is 9.47 Å². The topological polar surface area (TPSA) is 55.8 Å². The van der Waals surface area contributed by atoms with Crippen LogP contribution in [0, 0.1) is 0 Å². The zero-order valence-corrected chi connectivity index (χ0v) is 16.0. The maximum atomic E-state index is 12.0. The minimum Gasteiger partial charge on any atom is -0.478 e. The van der Waals surface area contributed by atoms with Crippen molar-refractivity contribution in [2.24, 2.45) is 0 Å². The first-order valence-electron chi connectivity index (χ1n) is 8.05. The van der Waals surface area contributed by atoms with Crippen LogP contribution in [0.15, 0.2) is 64.0 Å². The Kier molecular flexibility index (Phi) is 6.04. The average Bonchev–Trinajstić information content (AvgIpc) is 2.63. The Morgan fingerprint density at radius 1 is 1.24 bits per heavy atom. The predicted molar refractivity (Wildman–Crippen MR) is 101 cm³/mol. The molecule has 1 aliphatic rings. The third-order valence-corrected chi connectivity index (χ3v) is 5.79. The van der Waals surface area contributed by atoms with Crippen LogP contribution in [0.1, 0.15) is 12.8 Å². The van der Waals surface area contributed by atoms with Gasteiger partial charge in [-0.05, 0) is 36.4 Å². The summed E-state index contributed by atoms with van der Waals surface area (Å²) < 4.78 is 12.6. The Labute approximate surface area is 159 Å². The fourth-order valence-corrected chi connectivity index (χ4v) is 4.00. The summed E-state index contributed by atoms with van der Waals surface area (Å²) in [6, 6.07) is 17.3. The van der Waals surface area contributed by atoms with Crippen LogP contribution in [0.2, 0.25) is 0 Å². The first kappa shape index (κ1) is 18.3. The lowest BCUT2D eigenvalue weighted by atomic mass is 9.90. The van der Waals surface area contributed by atoms with Crippen molar-refractivity contribution >= 4 is 33.7 Å². The monoisotopic (exact) mass is 422 g/mol. The molecule has 0 saturated carbocycles. The van der Waals surface area contributed by atoms with Crippen molar-refractivity contribution in [2.75, 3.05) is 12.4 Å². The van der Waals surface area contributed by atoms with Gasteiger partial charge in [-0.1, -0.05) is 34.1 Å². The number of carboxylic acids is 1. The molecule has 1 fully saturated rings. The van der Waals surface area contributed by atoms with Gasteiger partial charge in [0.15, 0.2) is 0 Å². The van der Waals surface area contributed by atoms with Crippen molar-refractivity contribution in [2.45, 2.75) is 29.4 Å². The summed E-state index contributed by atoms with van der Waals surface area (Å²) in [5, 5.41) is 9.81. The molecule has 0 spiro atoms. The number of hydrogen-bond donors (Lipinski definition) is 1. The molecule has 0 aliphatic carbocycles. The molecule has 2 unspecified atom stereocenters. The van der Waals surface area contributed by atoms with E-state index < -0.39 is 11.6 Å². The molecule has 2 aromatic carbocycles. The molecular weight excluding hydrogens is 404 g/mol. The smallest absolute Gasteiger partial charge is 0.348 e. The van der Waals surface area contributed by atoms with Crippen LogP contribution in [0.5, 0.6) is 5.75 Å². The van der Waals surface area contributed by atoms with Crippen LogP contribution in [-0.4, -0.2) is 35.1 Å². The predicted octanol–water partition coefficient (Wildman–Crippen LogP) is 4.62. The van der Waals surface area contributed by atoms with E-state index in [0.717, 1.165) is 9.37 Å². The Morgan fingerprint density at radius 2 is 1.96 bits per heavy atom. The van der Waals surface area contributed by atoms with Gasteiger partial charge in [0, 0.05) is 28.0 Å². The molecule has 2 atom stereocenters. The fourth-order valence-electron chi connectivity index (χ4n) is 2.79. The molecule has 25 heavy (non-hydrogen) atoms. The number of aliphatic carboxylic acids is 1. The Morgan fingerprint density at radius 3 is 2.64 bits per heavy atom. The van der Waals surface area contributed by atoms with E-state index >= 15 is 0 Å². The van der Waals surface area contributed by atoms with Crippen molar-refractivity contribution in [1.82, 2.24) is 0 Å². The largest absolute Gasteiger partial charge is 0.478 e. The molecule has 0 amide bonds. The number of benzene rings is 2. The summed E-state index contributed by atoms with van der Waals surface area (Å²) in [7, 11) is 0. The number of carboxylic acid groups (broad SMARTS) is 1. The molecule has 0 radical (unpaired) electrons. The Balaban J connectivity index is 1.68. The van der Waals surface area contributed by atoms with Crippen LogP contribution in [0.4, 0.5) is 0 Å². The highest BCUT2D eigenvalue weighted by atomic mass is 79.9. The van der Waals surface area contributed by atoms with E-state index in [0.29, 0.717) is 31.0 Å². The number of hydrogen-bond acceptors (Lipinski definition) is 4. The minimum absolute atomic E-state index is 0.162. The van der Waals surface area contributed by atoms with Crippen LogP contribution in [0.3, 0.4) is 0 Å². The van der Waals surface area contributed by atoms with Crippen molar-refractivity contribution in [1.29, 1.82) is 0 Å². The third kappa shape index (κ3) is 4.77. The normalized spacial score (nSPS) is 23.2. The summed E-state index contributed by atoms with van der Waals surface area (Å²) >= 11 is 5.04. The van der Waals surface area contributed by atoms with Gasteiger partial charge in [-0.25, -0.2) is 4.79 Å². The number of thioether (sulfide) groups is 1. The second kappa shape index (κ2) is 8.25. The minimum atomic E-state index is -1.24. The zero-order chi connectivity index (χ0) is 17.7. The van der Waals surface area contributed by atoms with Gasteiger partial charge in [0.2, 0.25) is 5.60 Å². The summed E-state index contributed by atoms with van der Waals surface area (Å²) in [6.45, 7) is 0.378. The first-order valence-corrected chi connectivity index (χ1v) is 9.83. The summed E-state index contributed by atoms with van der Waals surface area (Å²) in [5.41, 5.74) is -1.24. The molecule has 6 heteroatoms. The van der Waals surface area contributed by atoms with Crippen molar-refractivity contribution in [3.63, 3.8) is 0 Å². The standard InChI is InChI=1S/C19H19BrO4S/c20-14-6-8-15(9-7-14)24-19(18(21)22)10-11-23-16(12-19)13-25-17-4-2-1-3-5-17/h1-9,16H,10-13H2,(H,21,22). The van der Waals surface area contributed by atoms with E-state index in [2.05, 4.69) is 15.9 Å². The highest BCUT2D eigenvalue weighted by Crippen LogP contribution is 2.33. The number of carbonyl (C=O) groups is 1. The van der Waals surface area contributed by atoms with E-state index in [-0.39, 0.29) is 6.10 Å². The second-order valence-corrected chi connectivity index (χ2v) is 7.94. The molecule has 1 N–H and O–H groups in total. The Bertz CT molecular complexity index is 707. The number of rotatable bonds is 6. The third-order valence-electron chi connectivity index (χ3n) is 4.11. The molecule has 1 saturated heterocycles. The molecular formula is C19H19BrO4S. The van der Waals surface area contributed by atoms with Crippen molar-refractivity contribution < 1.29 is 19.4 Å². The second-order valence-electron chi connectivity index (χ2n) is 5.93. The number of halogens is 1. The lowest BCUT2D eigenvalue weighted by Crippen LogP contribution is -2.52. The van der Waals surface area contributed by atoms with Crippen LogP contribution in [0.25, 0.3) is 0 Å². The Hall–Kier alpha value is -1.50. The van der Waals surface area contributed by atoms with Crippen LogP contribution in [-0.2, 0) is 9.53 Å². The highest BCUT2D eigenvalue weighted by Gasteiger charge is 2.46. The summed E-state index contributed by atoms with van der Waals surface area (Å²) in [6.07, 6.45) is 0.508. The molecule has 2 aromatic rings. The van der Waals surface area contributed by atoms with E-state index in [1.807, 2.05) is 42.5 Å². The average molecular weight is 423 g/mol. The van der Waals surface area contributed by atoms with Crippen LogP contribution >= 0.6 is 27.7 Å². The lowest BCUT2D eigenvalue weighted by Gasteiger charge is -2.37. The van der Waals surface area contributed by atoms with Gasteiger partial charge in [0.05, 0.1) is 12.7 Å². The van der Waals surface area contributed by atoms with Crippen molar-refractivity contribution in [3.8, 4) is 5.75 Å². The first-order chi connectivity index (χ1) is 12.1. The maximum Gasteiger partial charge on any atom is 0.348 e. The zero-order valence-electron chi connectivity index (χ0n) is 13.6. The van der Waals surface area contributed by atoms with E-state index in [9.17, 15) is 9.90 Å². The molecule has 0 bridgehead atoms. The van der Waals surface area contributed by atoms with Crippen molar-refractivity contribution in [3.05, 3.63) is 59.1 Å². The molecule has 1 heterocycles. The van der Waals surface area contributed by atoms with E-state index in [1.54, 1.807) is 23.9 Å².